The van der Waals surface area contributed by atoms with Crippen LogP contribution < -0.4 is 10.2 Å². The van der Waals surface area contributed by atoms with Crippen molar-refractivity contribution in [2.24, 2.45) is 5.10 Å². The van der Waals surface area contributed by atoms with Gasteiger partial charge in [0.05, 0.1) is 16.8 Å². The molecule has 0 aromatic heterocycles. The Labute approximate surface area is 190 Å². The Hall–Kier alpha value is -3.34. The predicted molar refractivity (Wildman–Crippen MR) is 126 cm³/mol. The molecule has 0 aliphatic carbocycles. The van der Waals surface area contributed by atoms with Crippen LogP contribution in [0.1, 0.15) is 21.5 Å². The van der Waals surface area contributed by atoms with Gasteiger partial charge in [0.1, 0.15) is 12.4 Å². The molecule has 0 fully saturated rings. The lowest BCUT2D eigenvalue weighted by Gasteiger charge is -2.12. The van der Waals surface area contributed by atoms with Gasteiger partial charge < -0.3 is 4.74 Å². The second kappa shape index (κ2) is 9.65. The minimum atomic E-state index is -0.426. The first kappa shape index (κ1) is 20.9. The van der Waals surface area contributed by atoms with Crippen molar-refractivity contribution in [1.82, 2.24) is 5.43 Å². The summed E-state index contributed by atoms with van der Waals surface area (Å²) in [6.07, 6.45) is 1.59. The highest BCUT2D eigenvalue weighted by molar-refractivity contribution is 6.36. The number of rotatable bonds is 6. The maximum atomic E-state index is 12.4. The molecule has 4 rings (SSSR count). The number of hydrazone groups is 1. The smallest absolute Gasteiger partial charge is 0.272 e. The van der Waals surface area contributed by atoms with E-state index in [0.717, 1.165) is 21.9 Å². The fourth-order valence-corrected chi connectivity index (χ4v) is 3.65. The Kier molecular flexibility index (Phi) is 6.51. The molecule has 0 bridgehead atoms. The third kappa shape index (κ3) is 5.05. The molecule has 4 nitrogen and oxygen atoms in total. The fraction of sp³-hybridized carbons (Fsp3) is 0.0400. The first-order chi connectivity index (χ1) is 15.1. The normalized spacial score (nSPS) is 11.0. The lowest BCUT2D eigenvalue weighted by molar-refractivity contribution is 0.0955. The van der Waals surface area contributed by atoms with E-state index in [9.17, 15) is 4.79 Å². The first-order valence-corrected chi connectivity index (χ1v) is 10.3. The molecule has 0 heterocycles. The van der Waals surface area contributed by atoms with Crippen LogP contribution in [0.3, 0.4) is 0 Å². The number of nitrogens with zero attached hydrogens (tertiary/aromatic N) is 1. The number of carbonyl (C=O) groups excluding carboxylic acids is 1. The predicted octanol–water partition coefficient (Wildman–Crippen LogP) is 6.49. The van der Waals surface area contributed by atoms with Crippen molar-refractivity contribution in [1.29, 1.82) is 0 Å². The van der Waals surface area contributed by atoms with E-state index < -0.39 is 5.91 Å². The molecule has 1 N–H and O–H groups in total. The van der Waals surface area contributed by atoms with E-state index in [1.807, 2.05) is 66.7 Å². The van der Waals surface area contributed by atoms with Gasteiger partial charge >= 0.3 is 0 Å². The Morgan fingerprint density at radius 1 is 0.935 bits per heavy atom. The SMILES string of the molecule is O=C(N/N=C\c1c(OCc2ccccc2)ccc2ccccc12)c1ccc(Cl)cc1Cl. The molecular weight excluding hydrogens is 431 g/mol. The molecule has 0 spiro atoms. The molecule has 0 saturated heterocycles. The van der Waals surface area contributed by atoms with Crippen LogP contribution in [0.2, 0.25) is 10.0 Å². The van der Waals surface area contributed by atoms with Crippen molar-refractivity contribution < 1.29 is 9.53 Å². The summed E-state index contributed by atoms with van der Waals surface area (Å²) in [5, 5.41) is 6.88. The number of nitrogens with one attached hydrogen (secondary N) is 1. The maximum absolute atomic E-state index is 12.4. The summed E-state index contributed by atoms with van der Waals surface area (Å²) in [6.45, 7) is 0.423. The van der Waals surface area contributed by atoms with Gasteiger partial charge in [-0.05, 0) is 40.6 Å². The number of hydrogen-bond donors (Lipinski definition) is 1. The second-order valence-corrected chi connectivity index (χ2v) is 7.64. The van der Waals surface area contributed by atoms with E-state index in [-0.39, 0.29) is 5.02 Å². The molecule has 0 radical (unpaired) electrons. The van der Waals surface area contributed by atoms with Gasteiger partial charge in [-0.3, -0.25) is 4.79 Å². The molecule has 6 heteroatoms. The van der Waals surface area contributed by atoms with Crippen molar-refractivity contribution in [2.75, 3.05) is 0 Å². The molecule has 0 unspecified atom stereocenters. The van der Waals surface area contributed by atoms with E-state index in [4.69, 9.17) is 27.9 Å². The summed E-state index contributed by atoms with van der Waals surface area (Å²) in [7, 11) is 0. The molecule has 0 atom stereocenters. The summed E-state index contributed by atoms with van der Waals surface area (Å²) < 4.78 is 6.07. The molecule has 4 aromatic carbocycles. The lowest BCUT2D eigenvalue weighted by atomic mass is 10.0. The molecular formula is C25H18Cl2N2O2. The number of amides is 1. The van der Waals surface area contributed by atoms with Crippen LogP contribution in [0.25, 0.3) is 10.8 Å². The fourth-order valence-electron chi connectivity index (χ4n) is 3.16. The second-order valence-electron chi connectivity index (χ2n) is 6.80. The summed E-state index contributed by atoms with van der Waals surface area (Å²) in [4.78, 5) is 12.4. The molecule has 0 saturated carbocycles. The quantitative estimate of drug-likeness (QED) is 0.270. The number of ether oxygens (including phenoxy) is 1. The van der Waals surface area contributed by atoms with Gasteiger partial charge in [-0.1, -0.05) is 83.9 Å². The summed E-state index contributed by atoms with van der Waals surface area (Å²) in [6, 6.07) is 26.4. The third-order valence-electron chi connectivity index (χ3n) is 4.70. The number of carbonyl (C=O) groups is 1. The van der Waals surface area contributed by atoms with Gasteiger partial charge in [0.2, 0.25) is 0 Å². The van der Waals surface area contributed by atoms with Crippen LogP contribution in [0.5, 0.6) is 5.75 Å². The standard InChI is InChI=1S/C25H18Cl2N2O2/c26-19-11-12-21(23(27)14-19)25(30)29-28-15-22-20-9-5-4-8-18(20)10-13-24(22)31-16-17-6-2-1-3-7-17/h1-15H,16H2,(H,29,30)/b28-15-. The Morgan fingerprint density at radius 3 is 2.52 bits per heavy atom. The number of fused-ring (bicyclic) bond motifs is 1. The average molecular weight is 449 g/mol. The van der Waals surface area contributed by atoms with Crippen molar-refractivity contribution in [3.63, 3.8) is 0 Å². The van der Waals surface area contributed by atoms with Crippen LogP contribution in [0, 0.1) is 0 Å². The Bertz CT molecular complexity index is 1260. The third-order valence-corrected chi connectivity index (χ3v) is 5.25. The zero-order valence-corrected chi connectivity index (χ0v) is 17.9. The van der Waals surface area contributed by atoms with E-state index in [1.165, 1.54) is 6.07 Å². The minimum absolute atomic E-state index is 0.261. The number of benzene rings is 4. The highest BCUT2D eigenvalue weighted by Gasteiger charge is 2.11. The van der Waals surface area contributed by atoms with Crippen molar-refractivity contribution in [3.05, 3.63) is 112 Å². The lowest BCUT2D eigenvalue weighted by Crippen LogP contribution is -2.18. The Morgan fingerprint density at radius 2 is 1.71 bits per heavy atom. The largest absolute Gasteiger partial charge is 0.488 e. The van der Waals surface area contributed by atoms with Crippen molar-refractivity contribution in [2.45, 2.75) is 6.61 Å². The Balaban J connectivity index is 1.59. The molecule has 0 aliphatic heterocycles. The van der Waals surface area contributed by atoms with Crippen molar-refractivity contribution in [3.8, 4) is 5.75 Å². The van der Waals surface area contributed by atoms with Gasteiger partial charge in [-0.15, -0.1) is 0 Å². The van der Waals surface area contributed by atoms with E-state index in [1.54, 1.807) is 18.3 Å². The van der Waals surface area contributed by atoms with E-state index >= 15 is 0 Å². The van der Waals surface area contributed by atoms with Crippen LogP contribution >= 0.6 is 23.2 Å². The van der Waals surface area contributed by atoms with Crippen molar-refractivity contribution >= 4 is 46.1 Å². The molecule has 154 valence electrons. The molecule has 31 heavy (non-hydrogen) atoms. The highest BCUT2D eigenvalue weighted by atomic mass is 35.5. The molecule has 0 aliphatic rings. The van der Waals surface area contributed by atoms with Gasteiger partial charge in [0.15, 0.2) is 0 Å². The van der Waals surface area contributed by atoms with Crippen LogP contribution in [0.15, 0.2) is 90.0 Å². The van der Waals surface area contributed by atoms with E-state index in [0.29, 0.717) is 22.9 Å². The van der Waals surface area contributed by atoms with Crippen LogP contribution in [0.4, 0.5) is 0 Å². The van der Waals surface area contributed by atoms with Gasteiger partial charge in [0.25, 0.3) is 5.91 Å². The number of hydrogen-bond acceptors (Lipinski definition) is 3. The molecule has 4 aromatic rings. The first-order valence-electron chi connectivity index (χ1n) is 9.59. The average Bonchev–Trinajstić information content (AvgIpc) is 2.79. The van der Waals surface area contributed by atoms with Crippen LogP contribution in [-0.4, -0.2) is 12.1 Å². The summed E-state index contributed by atoms with van der Waals surface area (Å²) in [5.74, 6) is 0.245. The molecule has 1 amide bonds. The van der Waals surface area contributed by atoms with Gasteiger partial charge in [-0.25, -0.2) is 5.43 Å². The summed E-state index contributed by atoms with van der Waals surface area (Å²) in [5.41, 5.74) is 4.65. The topological polar surface area (TPSA) is 50.7 Å². The maximum Gasteiger partial charge on any atom is 0.272 e. The zero-order valence-electron chi connectivity index (χ0n) is 16.4. The van der Waals surface area contributed by atoms with Crippen LogP contribution in [-0.2, 0) is 6.61 Å². The van der Waals surface area contributed by atoms with E-state index in [2.05, 4.69) is 10.5 Å². The summed E-state index contributed by atoms with van der Waals surface area (Å²) >= 11 is 12.0. The zero-order chi connectivity index (χ0) is 21.6. The minimum Gasteiger partial charge on any atom is -0.488 e. The van der Waals surface area contributed by atoms with Gasteiger partial charge in [-0.2, -0.15) is 5.10 Å². The monoisotopic (exact) mass is 448 g/mol. The number of halogens is 2. The highest BCUT2D eigenvalue weighted by Crippen LogP contribution is 2.27. The van der Waals surface area contributed by atoms with Gasteiger partial charge in [0, 0.05) is 10.6 Å².